The first-order valence-corrected chi connectivity index (χ1v) is 7.45. The van der Waals surface area contributed by atoms with Crippen LogP contribution in [0.3, 0.4) is 0 Å². The van der Waals surface area contributed by atoms with E-state index in [-0.39, 0.29) is 22.5 Å². The van der Waals surface area contributed by atoms with E-state index in [1.54, 1.807) is 0 Å². The summed E-state index contributed by atoms with van der Waals surface area (Å²) in [5.74, 6) is -1.04. The molecule has 0 radical (unpaired) electrons. The van der Waals surface area contributed by atoms with Crippen molar-refractivity contribution in [1.82, 2.24) is 4.98 Å². The Hall–Kier alpha value is -1.47. The van der Waals surface area contributed by atoms with Gasteiger partial charge in [0.05, 0.1) is 6.10 Å². The number of aromatic carboxylic acids is 1. The van der Waals surface area contributed by atoms with E-state index in [1.165, 1.54) is 6.92 Å². The number of rotatable bonds is 6. The number of ketones is 1. The minimum Gasteiger partial charge on any atom is -0.476 e. The highest BCUT2D eigenvalue weighted by Crippen LogP contribution is 2.27. The first kappa shape index (κ1) is 14.9. The van der Waals surface area contributed by atoms with E-state index < -0.39 is 5.97 Å². The molecule has 0 aliphatic carbocycles. The molecule has 20 heavy (non-hydrogen) atoms. The number of anilines is 1. The fraction of sp³-hybridized carbons (Fsp3) is 0.615. The number of carboxylic acid groups (broad SMARTS) is 1. The molecule has 1 saturated heterocycles. The Labute approximate surface area is 121 Å². The number of carboxylic acids is 1. The predicted molar refractivity (Wildman–Crippen MR) is 75.7 cm³/mol. The van der Waals surface area contributed by atoms with Gasteiger partial charge >= 0.3 is 5.97 Å². The van der Waals surface area contributed by atoms with Crippen LogP contribution in [0.15, 0.2) is 0 Å². The van der Waals surface area contributed by atoms with E-state index in [1.807, 2.05) is 0 Å². The van der Waals surface area contributed by atoms with Crippen LogP contribution >= 0.6 is 11.3 Å². The molecule has 0 amide bonds. The van der Waals surface area contributed by atoms with Gasteiger partial charge in [-0.15, -0.1) is 0 Å². The Balaban J connectivity index is 2.05. The molecule has 1 fully saturated rings. The molecule has 0 saturated carbocycles. The number of thiazole rings is 1. The zero-order valence-electron chi connectivity index (χ0n) is 11.5. The lowest BCUT2D eigenvalue weighted by Gasteiger charge is -2.16. The van der Waals surface area contributed by atoms with Crippen LogP contribution in [-0.2, 0) is 4.74 Å². The summed E-state index contributed by atoms with van der Waals surface area (Å²) in [4.78, 5) is 26.6. The quantitative estimate of drug-likeness (QED) is 0.783. The lowest BCUT2D eigenvalue weighted by atomic mass is 10.00. The van der Waals surface area contributed by atoms with Crippen molar-refractivity contribution >= 4 is 28.2 Å². The third-order valence-electron chi connectivity index (χ3n) is 3.41. The number of carbonyl (C=O) groups excluding carboxylic acids is 1. The van der Waals surface area contributed by atoms with Crippen molar-refractivity contribution < 1.29 is 19.4 Å². The molecular formula is C13H18N2O4S. The highest BCUT2D eigenvalue weighted by atomic mass is 32.1. The van der Waals surface area contributed by atoms with Gasteiger partial charge in [0.2, 0.25) is 0 Å². The van der Waals surface area contributed by atoms with Gasteiger partial charge in [0, 0.05) is 26.0 Å². The van der Waals surface area contributed by atoms with Crippen LogP contribution in [0, 0.1) is 5.92 Å². The van der Waals surface area contributed by atoms with Crippen molar-refractivity contribution in [2.75, 3.05) is 18.5 Å². The third kappa shape index (κ3) is 3.16. The Morgan fingerprint density at radius 1 is 1.55 bits per heavy atom. The van der Waals surface area contributed by atoms with Gasteiger partial charge < -0.3 is 15.2 Å². The molecule has 7 heteroatoms. The normalized spacial score (nSPS) is 21.9. The highest BCUT2D eigenvalue weighted by molar-refractivity contribution is 7.17. The maximum atomic E-state index is 11.4. The van der Waals surface area contributed by atoms with Gasteiger partial charge in [0.1, 0.15) is 4.88 Å². The van der Waals surface area contributed by atoms with Crippen molar-refractivity contribution in [2.45, 2.75) is 32.8 Å². The second-order valence-electron chi connectivity index (χ2n) is 4.81. The molecule has 6 nitrogen and oxygen atoms in total. The number of aromatic nitrogens is 1. The lowest BCUT2D eigenvalue weighted by Crippen LogP contribution is -2.22. The Morgan fingerprint density at radius 3 is 2.85 bits per heavy atom. The predicted octanol–water partition coefficient (Wildman–Crippen LogP) is 2.27. The molecule has 0 spiro atoms. The molecule has 1 aliphatic rings. The van der Waals surface area contributed by atoms with Gasteiger partial charge in [-0.25, -0.2) is 9.78 Å². The van der Waals surface area contributed by atoms with Crippen LogP contribution < -0.4 is 5.32 Å². The first-order valence-electron chi connectivity index (χ1n) is 6.63. The van der Waals surface area contributed by atoms with Crippen molar-refractivity contribution in [3.8, 4) is 0 Å². The number of hydrogen-bond acceptors (Lipinski definition) is 6. The Bertz CT molecular complexity index is 483. The summed E-state index contributed by atoms with van der Waals surface area (Å²) in [7, 11) is 0. The molecular weight excluding hydrogens is 280 g/mol. The monoisotopic (exact) mass is 298 g/mol. The molecule has 2 unspecified atom stereocenters. The summed E-state index contributed by atoms with van der Waals surface area (Å²) >= 11 is 1.09. The second kappa shape index (κ2) is 6.32. The third-order valence-corrected chi connectivity index (χ3v) is 4.53. The molecule has 0 bridgehead atoms. The summed E-state index contributed by atoms with van der Waals surface area (Å²) in [6.07, 6.45) is 2.19. The van der Waals surface area contributed by atoms with Crippen LogP contribution in [0.1, 0.15) is 46.8 Å². The zero-order chi connectivity index (χ0) is 14.7. The average molecular weight is 298 g/mol. The van der Waals surface area contributed by atoms with Crippen LogP contribution in [0.25, 0.3) is 0 Å². The van der Waals surface area contributed by atoms with E-state index in [2.05, 4.69) is 17.2 Å². The van der Waals surface area contributed by atoms with E-state index in [9.17, 15) is 9.59 Å². The van der Waals surface area contributed by atoms with Gasteiger partial charge in [-0.05, 0) is 12.8 Å². The summed E-state index contributed by atoms with van der Waals surface area (Å²) < 4.78 is 5.60. The van der Waals surface area contributed by atoms with Crippen molar-refractivity contribution in [1.29, 1.82) is 0 Å². The van der Waals surface area contributed by atoms with Gasteiger partial charge in [0.25, 0.3) is 0 Å². The summed E-state index contributed by atoms with van der Waals surface area (Å²) in [6.45, 7) is 4.88. The van der Waals surface area contributed by atoms with E-state index >= 15 is 0 Å². The van der Waals surface area contributed by atoms with Gasteiger partial charge in [0.15, 0.2) is 16.6 Å². The van der Waals surface area contributed by atoms with Crippen LogP contribution in [-0.4, -0.2) is 41.1 Å². The molecule has 110 valence electrons. The standard InChI is InChI=1S/C13H18N2O4S/c1-3-9-8(4-5-19-9)6-14-13-15-10(12(17)18)11(20-13)7(2)16/h8-9H,3-6H2,1-2H3,(H,14,15)(H,17,18). The van der Waals surface area contributed by atoms with Crippen molar-refractivity contribution in [2.24, 2.45) is 5.92 Å². The Kier molecular flexibility index (Phi) is 4.72. The average Bonchev–Trinajstić information content (AvgIpc) is 3.02. The number of nitrogens with zero attached hydrogens (tertiary/aromatic N) is 1. The zero-order valence-corrected chi connectivity index (χ0v) is 12.3. The smallest absolute Gasteiger partial charge is 0.356 e. The molecule has 1 aromatic rings. The summed E-state index contributed by atoms with van der Waals surface area (Å²) in [5, 5.41) is 12.6. The minimum absolute atomic E-state index is 0.167. The minimum atomic E-state index is -1.17. The van der Waals surface area contributed by atoms with Gasteiger partial charge in [-0.1, -0.05) is 18.3 Å². The number of carbonyl (C=O) groups is 2. The molecule has 2 N–H and O–H groups in total. The topological polar surface area (TPSA) is 88.5 Å². The second-order valence-corrected chi connectivity index (χ2v) is 5.80. The molecule has 1 aliphatic heterocycles. The molecule has 2 atom stereocenters. The van der Waals surface area contributed by atoms with E-state index in [0.29, 0.717) is 17.6 Å². The van der Waals surface area contributed by atoms with E-state index in [0.717, 1.165) is 30.8 Å². The van der Waals surface area contributed by atoms with Crippen molar-refractivity contribution in [3.05, 3.63) is 10.6 Å². The lowest BCUT2D eigenvalue weighted by molar-refractivity contribution is 0.0687. The van der Waals surface area contributed by atoms with Crippen LogP contribution in [0.2, 0.25) is 0 Å². The largest absolute Gasteiger partial charge is 0.476 e. The highest BCUT2D eigenvalue weighted by Gasteiger charge is 2.27. The van der Waals surface area contributed by atoms with Crippen LogP contribution in [0.5, 0.6) is 0 Å². The molecule has 2 heterocycles. The fourth-order valence-corrected chi connectivity index (χ4v) is 3.23. The molecule has 1 aromatic heterocycles. The first-order chi connectivity index (χ1) is 9.52. The van der Waals surface area contributed by atoms with Crippen LogP contribution in [0.4, 0.5) is 5.13 Å². The van der Waals surface area contributed by atoms with Gasteiger partial charge in [-0.3, -0.25) is 4.79 Å². The summed E-state index contributed by atoms with van der Waals surface area (Å²) in [5.41, 5.74) is -0.167. The van der Waals surface area contributed by atoms with E-state index in [4.69, 9.17) is 9.84 Å². The SMILES string of the molecule is CCC1OCCC1CNc1nc(C(=O)O)c(C(C)=O)s1. The van der Waals surface area contributed by atoms with Gasteiger partial charge in [-0.2, -0.15) is 0 Å². The maximum absolute atomic E-state index is 11.4. The number of nitrogens with one attached hydrogen (secondary N) is 1. The number of Topliss-reactive ketones (excluding diaryl/α,β-unsaturated/α-hetero) is 1. The number of hydrogen-bond donors (Lipinski definition) is 2. The molecule has 2 rings (SSSR count). The Morgan fingerprint density at radius 2 is 2.30 bits per heavy atom. The molecule has 0 aromatic carbocycles. The van der Waals surface area contributed by atoms with Crippen molar-refractivity contribution in [3.63, 3.8) is 0 Å². The maximum Gasteiger partial charge on any atom is 0.356 e. The summed E-state index contributed by atoms with van der Waals surface area (Å²) in [6, 6.07) is 0. The fourth-order valence-electron chi connectivity index (χ4n) is 2.38. The number of ether oxygens (including phenoxy) is 1.